The maximum atomic E-state index is 11.8. The molecule has 2 aromatic heterocycles. The molecule has 0 fully saturated rings. The maximum absolute atomic E-state index is 11.8. The molecule has 2 rings (SSSR count). The van der Waals surface area contributed by atoms with Gasteiger partial charge in [0, 0.05) is 25.8 Å². The van der Waals surface area contributed by atoms with E-state index in [0.717, 1.165) is 11.4 Å². The molecule has 0 spiro atoms. The molecule has 8 heteroatoms. The van der Waals surface area contributed by atoms with Crippen molar-refractivity contribution in [2.45, 2.75) is 13.5 Å². The Morgan fingerprint density at radius 2 is 2.29 bits per heavy atom. The van der Waals surface area contributed by atoms with Gasteiger partial charge in [0.25, 0.3) is 5.91 Å². The Morgan fingerprint density at radius 1 is 1.43 bits per heavy atom. The Bertz CT molecular complexity index is 596. The van der Waals surface area contributed by atoms with Crippen LogP contribution in [0.4, 0.5) is 5.82 Å². The highest BCUT2D eigenvalue weighted by atomic mass is 16.2. The number of amides is 1. The summed E-state index contributed by atoms with van der Waals surface area (Å²) < 4.78 is 1.55. The number of nitrogens with zero attached hydrogens (tertiary/aromatic N) is 4. The van der Waals surface area contributed by atoms with Crippen LogP contribution in [-0.2, 0) is 6.54 Å². The molecule has 1 amide bonds. The lowest BCUT2D eigenvalue weighted by Crippen LogP contribution is -2.29. The summed E-state index contributed by atoms with van der Waals surface area (Å²) >= 11 is 0. The quantitative estimate of drug-likeness (QED) is 0.608. The molecule has 0 unspecified atom stereocenters. The van der Waals surface area contributed by atoms with E-state index in [1.807, 2.05) is 19.1 Å². The Labute approximate surface area is 122 Å². The highest BCUT2D eigenvalue weighted by Crippen LogP contribution is 2.04. The minimum atomic E-state index is -0.253. The second-order valence-electron chi connectivity index (χ2n) is 4.56. The highest BCUT2D eigenvalue weighted by Gasteiger charge is 2.09. The van der Waals surface area contributed by atoms with Gasteiger partial charge in [-0.3, -0.25) is 9.48 Å². The van der Waals surface area contributed by atoms with Crippen LogP contribution in [0.25, 0.3) is 0 Å². The van der Waals surface area contributed by atoms with Crippen molar-refractivity contribution in [1.82, 2.24) is 25.3 Å². The number of carbonyl (C=O) groups excluding carboxylic acids is 1. The van der Waals surface area contributed by atoms with E-state index < -0.39 is 0 Å². The first-order valence-electron chi connectivity index (χ1n) is 6.74. The van der Waals surface area contributed by atoms with Crippen LogP contribution < -0.4 is 16.4 Å². The first-order chi connectivity index (χ1) is 10.2. The van der Waals surface area contributed by atoms with Crippen LogP contribution in [-0.4, -0.2) is 45.5 Å². The molecule has 21 heavy (non-hydrogen) atoms. The number of rotatable bonds is 7. The zero-order chi connectivity index (χ0) is 15.1. The highest BCUT2D eigenvalue weighted by molar-refractivity contribution is 5.91. The normalized spacial score (nSPS) is 10.4. The number of aryl methyl sites for hydroxylation is 1. The minimum absolute atomic E-state index is 0.253. The van der Waals surface area contributed by atoms with Gasteiger partial charge in [0.2, 0.25) is 0 Å². The van der Waals surface area contributed by atoms with Crippen LogP contribution in [0.15, 0.2) is 24.5 Å². The van der Waals surface area contributed by atoms with Gasteiger partial charge in [-0.2, -0.15) is 0 Å². The van der Waals surface area contributed by atoms with E-state index in [9.17, 15) is 4.79 Å². The molecule has 0 atom stereocenters. The molecule has 0 bridgehead atoms. The summed E-state index contributed by atoms with van der Waals surface area (Å²) in [5.41, 5.74) is 6.83. The molecule has 4 N–H and O–H groups in total. The predicted octanol–water partition coefficient (Wildman–Crippen LogP) is -0.218. The van der Waals surface area contributed by atoms with Gasteiger partial charge < -0.3 is 16.4 Å². The maximum Gasteiger partial charge on any atom is 0.273 e. The van der Waals surface area contributed by atoms with Gasteiger partial charge in [0.05, 0.1) is 12.7 Å². The molecule has 0 aliphatic heterocycles. The van der Waals surface area contributed by atoms with Gasteiger partial charge in [-0.1, -0.05) is 5.21 Å². The lowest BCUT2D eigenvalue weighted by Gasteiger charge is -2.06. The summed E-state index contributed by atoms with van der Waals surface area (Å²) in [6.07, 6.45) is 3.32. The third kappa shape index (κ3) is 4.53. The fourth-order valence-corrected chi connectivity index (χ4v) is 1.73. The molecule has 8 nitrogen and oxygen atoms in total. The second-order valence-corrected chi connectivity index (χ2v) is 4.56. The lowest BCUT2D eigenvalue weighted by atomic mass is 10.3. The van der Waals surface area contributed by atoms with E-state index in [1.54, 1.807) is 17.1 Å². The summed E-state index contributed by atoms with van der Waals surface area (Å²) in [5, 5.41) is 13.5. The van der Waals surface area contributed by atoms with Crippen molar-refractivity contribution >= 4 is 11.7 Å². The Morgan fingerprint density at radius 3 is 3.05 bits per heavy atom. The molecule has 0 radical (unpaired) electrons. The Kier molecular flexibility index (Phi) is 5.22. The van der Waals surface area contributed by atoms with Gasteiger partial charge in [0.15, 0.2) is 5.69 Å². The smallest absolute Gasteiger partial charge is 0.273 e. The molecule has 2 aromatic rings. The number of pyridine rings is 1. The van der Waals surface area contributed by atoms with Crippen molar-refractivity contribution < 1.29 is 4.79 Å². The molecule has 0 saturated heterocycles. The third-order valence-electron chi connectivity index (χ3n) is 2.76. The van der Waals surface area contributed by atoms with Crippen molar-refractivity contribution in [3.05, 3.63) is 35.8 Å². The van der Waals surface area contributed by atoms with E-state index in [0.29, 0.717) is 26.2 Å². The third-order valence-corrected chi connectivity index (χ3v) is 2.76. The topological polar surface area (TPSA) is 111 Å². The Balaban J connectivity index is 1.73. The number of carbonyl (C=O) groups is 1. The zero-order valence-electron chi connectivity index (χ0n) is 11.9. The van der Waals surface area contributed by atoms with Crippen LogP contribution in [0, 0.1) is 6.92 Å². The van der Waals surface area contributed by atoms with E-state index in [1.165, 1.54) is 0 Å². The van der Waals surface area contributed by atoms with E-state index >= 15 is 0 Å². The summed E-state index contributed by atoms with van der Waals surface area (Å²) in [4.78, 5) is 16.0. The van der Waals surface area contributed by atoms with Crippen LogP contribution in [0.1, 0.15) is 16.1 Å². The van der Waals surface area contributed by atoms with Gasteiger partial charge in [-0.15, -0.1) is 5.10 Å². The zero-order valence-corrected chi connectivity index (χ0v) is 11.9. The fourth-order valence-electron chi connectivity index (χ4n) is 1.73. The van der Waals surface area contributed by atoms with Gasteiger partial charge in [0.1, 0.15) is 5.82 Å². The van der Waals surface area contributed by atoms with Gasteiger partial charge in [-0.25, -0.2) is 4.98 Å². The molecular weight excluding hydrogens is 270 g/mol. The average Bonchev–Trinajstić information content (AvgIpc) is 2.93. The fraction of sp³-hybridized carbons (Fsp3) is 0.385. The number of aromatic nitrogens is 4. The average molecular weight is 289 g/mol. The summed E-state index contributed by atoms with van der Waals surface area (Å²) in [6.45, 7) is 4.05. The molecule has 0 aromatic carbocycles. The number of nitrogens with one attached hydrogen (secondary N) is 2. The van der Waals surface area contributed by atoms with E-state index in [4.69, 9.17) is 5.73 Å². The Hall–Kier alpha value is -2.48. The molecular formula is C13H19N7O. The summed E-state index contributed by atoms with van der Waals surface area (Å²) in [7, 11) is 0. The van der Waals surface area contributed by atoms with Crippen molar-refractivity contribution in [1.29, 1.82) is 0 Å². The molecule has 2 heterocycles. The van der Waals surface area contributed by atoms with Crippen molar-refractivity contribution in [3.8, 4) is 0 Å². The van der Waals surface area contributed by atoms with Crippen LogP contribution in [0.2, 0.25) is 0 Å². The second kappa shape index (κ2) is 7.34. The number of hydrogen-bond acceptors (Lipinski definition) is 6. The first-order valence-corrected chi connectivity index (χ1v) is 6.74. The first kappa shape index (κ1) is 14.9. The van der Waals surface area contributed by atoms with Crippen molar-refractivity contribution in [2.75, 3.05) is 25.0 Å². The van der Waals surface area contributed by atoms with Gasteiger partial charge >= 0.3 is 0 Å². The van der Waals surface area contributed by atoms with E-state index in [-0.39, 0.29) is 11.6 Å². The number of nitrogens with two attached hydrogens (primary N) is 1. The molecule has 0 aliphatic carbocycles. The lowest BCUT2D eigenvalue weighted by molar-refractivity contribution is 0.0950. The largest absolute Gasteiger partial charge is 0.368 e. The summed E-state index contributed by atoms with van der Waals surface area (Å²) in [5.74, 6) is 0.537. The number of hydrogen-bond donors (Lipinski definition) is 3. The molecule has 112 valence electrons. The van der Waals surface area contributed by atoms with Crippen molar-refractivity contribution in [2.24, 2.45) is 5.73 Å². The number of anilines is 1. The molecule has 0 saturated carbocycles. The van der Waals surface area contributed by atoms with Crippen molar-refractivity contribution in [3.63, 3.8) is 0 Å². The van der Waals surface area contributed by atoms with Crippen LogP contribution in [0.5, 0.6) is 0 Å². The SMILES string of the molecule is Cc1ccnc(NCCNC(=O)c2cn(CCN)nn2)c1. The van der Waals surface area contributed by atoms with Gasteiger partial charge in [-0.05, 0) is 24.6 Å². The monoisotopic (exact) mass is 289 g/mol. The molecule has 0 aliphatic rings. The standard InChI is InChI=1S/C13H19N7O/c1-10-2-4-15-12(8-10)16-5-6-17-13(21)11-9-20(7-3-14)19-18-11/h2,4,8-9H,3,5-7,14H2,1H3,(H,15,16)(H,17,21). The minimum Gasteiger partial charge on any atom is -0.368 e. The summed E-state index contributed by atoms with van der Waals surface area (Å²) in [6, 6.07) is 3.87. The van der Waals surface area contributed by atoms with E-state index in [2.05, 4.69) is 25.9 Å². The van der Waals surface area contributed by atoms with Crippen LogP contribution in [0.3, 0.4) is 0 Å². The predicted molar refractivity (Wildman–Crippen MR) is 78.9 cm³/mol. The van der Waals surface area contributed by atoms with Crippen LogP contribution >= 0.6 is 0 Å².